The van der Waals surface area contributed by atoms with Crippen molar-refractivity contribution in [2.45, 2.75) is 25.9 Å². The average molecular weight is 430 g/mol. The van der Waals surface area contributed by atoms with E-state index in [1.54, 1.807) is 12.4 Å². The zero-order valence-electron chi connectivity index (χ0n) is 18.2. The second kappa shape index (κ2) is 8.15. The number of phenols is 1. The van der Waals surface area contributed by atoms with E-state index in [0.29, 0.717) is 13.1 Å². The number of benzene rings is 2. The standard InChI is InChI=1S/C25H27N5O2/c1-3-24(32)30-11-10-29(14-17(30)2)25-21-8-9-28(15-22(21)26-16-27-25)23-13-19(31)12-18-6-4-5-7-20(18)23/h3-7,12-13,16-17,31H,1,8-11,14-15H2,2H3. The van der Waals surface area contributed by atoms with Gasteiger partial charge in [-0.15, -0.1) is 0 Å². The van der Waals surface area contributed by atoms with E-state index in [1.807, 2.05) is 29.2 Å². The molecule has 7 nitrogen and oxygen atoms in total. The molecule has 1 fully saturated rings. The summed E-state index contributed by atoms with van der Waals surface area (Å²) in [5.41, 5.74) is 3.23. The van der Waals surface area contributed by atoms with Crippen molar-refractivity contribution in [3.05, 3.63) is 66.6 Å². The number of hydrogen-bond donors (Lipinski definition) is 1. The number of aromatic nitrogens is 2. The van der Waals surface area contributed by atoms with Gasteiger partial charge in [-0.1, -0.05) is 30.8 Å². The maximum Gasteiger partial charge on any atom is 0.246 e. The number of fused-ring (bicyclic) bond motifs is 2. The van der Waals surface area contributed by atoms with Gasteiger partial charge in [0.15, 0.2) is 0 Å². The van der Waals surface area contributed by atoms with Gasteiger partial charge in [0.1, 0.15) is 17.9 Å². The molecule has 32 heavy (non-hydrogen) atoms. The van der Waals surface area contributed by atoms with E-state index in [2.05, 4.69) is 39.3 Å². The van der Waals surface area contributed by atoms with Crippen LogP contribution >= 0.6 is 0 Å². The smallest absolute Gasteiger partial charge is 0.246 e. The van der Waals surface area contributed by atoms with Gasteiger partial charge >= 0.3 is 0 Å². The second-order valence-corrected chi connectivity index (χ2v) is 8.51. The van der Waals surface area contributed by atoms with Crippen LogP contribution < -0.4 is 9.80 Å². The minimum atomic E-state index is -0.0177. The number of hydrogen-bond acceptors (Lipinski definition) is 6. The summed E-state index contributed by atoms with van der Waals surface area (Å²) in [5.74, 6) is 1.23. The first kappa shape index (κ1) is 20.3. The zero-order chi connectivity index (χ0) is 22.2. The fraction of sp³-hybridized carbons (Fsp3) is 0.320. The second-order valence-electron chi connectivity index (χ2n) is 8.51. The van der Waals surface area contributed by atoms with E-state index in [1.165, 1.54) is 11.6 Å². The minimum Gasteiger partial charge on any atom is -0.508 e. The maximum absolute atomic E-state index is 12.1. The number of phenolic OH excluding ortho intramolecular Hbond substituents is 1. The summed E-state index contributed by atoms with van der Waals surface area (Å²) in [6, 6.07) is 11.9. The summed E-state index contributed by atoms with van der Waals surface area (Å²) >= 11 is 0. The topological polar surface area (TPSA) is 72.8 Å². The third-order valence-electron chi connectivity index (χ3n) is 6.53. The van der Waals surface area contributed by atoms with Crippen molar-refractivity contribution in [3.8, 4) is 5.75 Å². The van der Waals surface area contributed by atoms with Crippen molar-refractivity contribution in [1.29, 1.82) is 0 Å². The molecule has 2 aliphatic heterocycles. The van der Waals surface area contributed by atoms with Crippen LogP contribution in [0.5, 0.6) is 5.75 Å². The van der Waals surface area contributed by atoms with E-state index in [9.17, 15) is 9.90 Å². The fourth-order valence-corrected chi connectivity index (χ4v) is 4.95. The Morgan fingerprint density at radius 3 is 2.81 bits per heavy atom. The highest BCUT2D eigenvalue weighted by molar-refractivity contribution is 5.95. The Hall–Kier alpha value is -3.61. The van der Waals surface area contributed by atoms with Gasteiger partial charge in [0.2, 0.25) is 5.91 Å². The normalized spacial score (nSPS) is 18.5. The molecule has 2 aliphatic rings. The van der Waals surface area contributed by atoms with Gasteiger partial charge in [0, 0.05) is 54.9 Å². The van der Waals surface area contributed by atoms with Crippen LogP contribution in [0.1, 0.15) is 18.2 Å². The Morgan fingerprint density at radius 1 is 1.16 bits per heavy atom. The van der Waals surface area contributed by atoms with Crippen LogP contribution in [-0.4, -0.2) is 58.1 Å². The lowest BCUT2D eigenvalue weighted by Crippen LogP contribution is -2.54. The predicted octanol–water partition coefficient (Wildman–Crippen LogP) is 3.12. The molecule has 3 heterocycles. The number of amides is 1. The molecule has 1 aromatic heterocycles. The summed E-state index contributed by atoms with van der Waals surface area (Å²) in [4.78, 5) is 27.7. The van der Waals surface area contributed by atoms with Crippen LogP contribution in [0.2, 0.25) is 0 Å². The molecule has 1 N–H and O–H groups in total. The third kappa shape index (κ3) is 3.53. The molecule has 1 saturated heterocycles. The Morgan fingerprint density at radius 2 is 2.00 bits per heavy atom. The summed E-state index contributed by atoms with van der Waals surface area (Å²) in [7, 11) is 0. The highest BCUT2D eigenvalue weighted by atomic mass is 16.3. The molecule has 0 aliphatic carbocycles. The summed E-state index contributed by atoms with van der Waals surface area (Å²) in [6.07, 6.45) is 3.86. The van der Waals surface area contributed by atoms with Crippen LogP contribution in [0.4, 0.5) is 11.5 Å². The molecular weight excluding hydrogens is 402 g/mol. The molecule has 1 atom stereocenters. The molecule has 0 bridgehead atoms. The number of anilines is 2. The lowest BCUT2D eigenvalue weighted by Gasteiger charge is -2.41. The molecule has 0 spiro atoms. The quantitative estimate of drug-likeness (QED) is 0.645. The van der Waals surface area contributed by atoms with Crippen molar-refractivity contribution >= 4 is 28.2 Å². The maximum atomic E-state index is 12.1. The molecule has 2 aromatic carbocycles. The average Bonchev–Trinajstić information content (AvgIpc) is 2.82. The van der Waals surface area contributed by atoms with Crippen LogP contribution in [0.15, 0.2) is 55.4 Å². The van der Waals surface area contributed by atoms with Crippen molar-refractivity contribution in [3.63, 3.8) is 0 Å². The van der Waals surface area contributed by atoms with Gasteiger partial charge in [0.05, 0.1) is 12.2 Å². The third-order valence-corrected chi connectivity index (χ3v) is 6.53. The molecule has 1 unspecified atom stereocenters. The first-order valence-corrected chi connectivity index (χ1v) is 11.0. The zero-order valence-corrected chi connectivity index (χ0v) is 18.2. The molecule has 0 saturated carbocycles. The van der Waals surface area contributed by atoms with Crippen LogP contribution in [0.3, 0.4) is 0 Å². The first-order chi connectivity index (χ1) is 15.5. The van der Waals surface area contributed by atoms with E-state index in [-0.39, 0.29) is 17.7 Å². The van der Waals surface area contributed by atoms with Crippen LogP contribution in [0, 0.1) is 0 Å². The fourth-order valence-electron chi connectivity index (χ4n) is 4.95. The van der Waals surface area contributed by atoms with Crippen molar-refractivity contribution < 1.29 is 9.90 Å². The molecule has 164 valence electrons. The number of aromatic hydroxyl groups is 1. The van der Waals surface area contributed by atoms with E-state index < -0.39 is 0 Å². The van der Waals surface area contributed by atoms with E-state index in [0.717, 1.165) is 54.0 Å². The number of rotatable bonds is 3. The largest absolute Gasteiger partial charge is 0.508 e. The number of piperazine rings is 1. The number of carbonyl (C=O) groups is 1. The minimum absolute atomic E-state index is 0.0177. The predicted molar refractivity (Wildman–Crippen MR) is 126 cm³/mol. The Kier molecular flexibility index (Phi) is 5.17. The lowest BCUT2D eigenvalue weighted by molar-refractivity contribution is -0.128. The van der Waals surface area contributed by atoms with Gasteiger partial charge < -0.3 is 19.8 Å². The van der Waals surface area contributed by atoms with Crippen molar-refractivity contribution in [2.24, 2.45) is 0 Å². The van der Waals surface area contributed by atoms with Crippen LogP contribution in [0.25, 0.3) is 10.8 Å². The molecule has 7 heteroatoms. The van der Waals surface area contributed by atoms with Gasteiger partial charge in [-0.25, -0.2) is 9.97 Å². The van der Waals surface area contributed by atoms with Crippen LogP contribution in [-0.2, 0) is 17.8 Å². The molecule has 0 radical (unpaired) electrons. The first-order valence-electron chi connectivity index (χ1n) is 11.0. The SMILES string of the molecule is C=CC(=O)N1CCN(c2ncnc3c2CCN(c2cc(O)cc4ccccc24)C3)CC1C. The van der Waals surface area contributed by atoms with Gasteiger partial charge in [-0.05, 0) is 30.9 Å². The summed E-state index contributed by atoms with van der Waals surface area (Å²) in [5, 5.41) is 12.4. The van der Waals surface area contributed by atoms with Gasteiger partial charge in [0.25, 0.3) is 0 Å². The molecule has 1 amide bonds. The highest BCUT2D eigenvalue weighted by Gasteiger charge is 2.30. The Labute approximate surface area is 187 Å². The molecular formula is C25H27N5O2. The summed E-state index contributed by atoms with van der Waals surface area (Å²) in [6.45, 7) is 9.32. The molecule has 5 rings (SSSR count). The van der Waals surface area contributed by atoms with Crippen molar-refractivity contribution in [1.82, 2.24) is 14.9 Å². The Balaban J connectivity index is 1.42. The number of carbonyl (C=O) groups excluding carboxylic acids is 1. The monoisotopic (exact) mass is 429 g/mol. The summed E-state index contributed by atoms with van der Waals surface area (Å²) < 4.78 is 0. The van der Waals surface area contributed by atoms with Gasteiger partial charge in [-0.2, -0.15) is 0 Å². The Bertz CT molecular complexity index is 1190. The molecule has 3 aromatic rings. The number of nitrogens with zero attached hydrogens (tertiary/aromatic N) is 5. The van der Waals surface area contributed by atoms with E-state index >= 15 is 0 Å². The lowest BCUT2D eigenvalue weighted by atomic mass is 10.0. The van der Waals surface area contributed by atoms with Crippen molar-refractivity contribution in [2.75, 3.05) is 36.0 Å². The van der Waals surface area contributed by atoms with E-state index in [4.69, 9.17) is 0 Å². The van der Waals surface area contributed by atoms with Gasteiger partial charge in [-0.3, -0.25) is 4.79 Å². The highest BCUT2D eigenvalue weighted by Crippen LogP contribution is 2.35.